The Kier molecular flexibility index (Phi) is 4.31. The average molecular weight is 366 g/mol. The number of para-hydroxylation sites is 1. The lowest BCUT2D eigenvalue weighted by atomic mass is 10.2. The van der Waals surface area contributed by atoms with Gasteiger partial charge in [-0.2, -0.15) is 4.98 Å². The molecule has 0 radical (unpaired) electrons. The largest absolute Gasteiger partial charge is 0.368 e. The molecule has 0 spiro atoms. The van der Waals surface area contributed by atoms with Crippen molar-refractivity contribution in [1.82, 2.24) is 19.9 Å². The molecule has 3 aromatic rings. The topological polar surface area (TPSA) is 88.2 Å². The summed E-state index contributed by atoms with van der Waals surface area (Å²) in [6, 6.07) is 9.99. The first kappa shape index (κ1) is 17.1. The zero-order chi connectivity index (χ0) is 19.0. The first-order valence-corrected chi connectivity index (χ1v) is 8.72. The van der Waals surface area contributed by atoms with Crippen LogP contribution in [0.1, 0.15) is 16.2 Å². The summed E-state index contributed by atoms with van der Waals surface area (Å²) < 4.78 is 14.0. The molecule has 4 rings (SSSR count). The van der Waals surface area contributed by atoms with Crippen molar-refractivity contribution in [3.63, 3.8) is 0 Å². The van der Waals surface area contributed by atoms with Crippen LogP contribution in [0.3, 0.4) is 0 Å². The van der Waals surface area contributed by atoms with Crippen LogP contribution in [0, 0.1) is 12.7 Å². The minimum atomic E-state index is -0.427. The number of carbonyl (C=O) groups excluding carboxylic acids is 1. The number of carbonyl (C=O) groups is 1. The predicted molar refractivity (Wildman–Crippen MR) is 101 cm³/mol. The van der Waals surface area contributed by atoms with Gasteiger partial charge in [0.1, 0.15) is 22.8 Å². The fourth-order valence-corrected chi connectivity index (χ4v) is 3.27. The highest BCUT2D eigenvalue weighted by Gasteiger charge is 2.24. The fourth-order valence-electron chi connectivity index (χ4n) is 3.27. The van der Waals surface area contributed by atoms with E-state index in [-0.39, 0.29) is 23.1 Å². The molecule has 0 bridgehead atoms. The molecular formula is C19H19FN6O. The van der Waals surface area contributed by atoms with Crippen molar-refractivity contribution in [3.8, 4) is 0 Å². The standard InChI is InChI=1S/C19H19FN6O/c1-12-11-16(24-19(21)22-12)25-7-9-26(10-8-25)18(27)15-6-5-13-3-2-4-14(20)17(13)23-15/h2-6,11H,7-10H2,1H3,(H2,21,22,24). The normalized spacial score (nSPS) is 14.6. The van der Waals surface area contributed by atoms with E-state index in [4.69, 9.17) is 5.73 Å². The van der Waals surface area contributed by atoms with Gasteiger partial charge in [-0.1, -0.05) is 18.2 Å². The van der Waals surface area contributed by atoms with Crippen LogP contribution in [0.25, 0.3) is 10.9 Å². The van der Waals surface area contributed by atoms with Crippen molar-refractivity contribution < 1.29 is 9.18 Å². The van der Waals surface area contributed by atoms with Gasteiger partial charge >= 0.3 is 0 Å². The number of anilines is 2. The minimum absolute atomic E-state index is 0.196. The first-order valence-electron chi connectivity index (χ1n) is 8.72. The van der Waals surface area contributed by atoms with E-state index in [0.29, 0.717) is 31.6 Å². The second-order valence-corrected chi connectivity index (χ2v) is 6.51. The molecule has 1 aliphatic rings. The van der Waals surface area contributed by atoms with E-state index in [1.807, 2.05) is 13.0 Å². The van der Waals surface area contributed by atoms with Crippen LogP contribution < -0.4 is 10.6 Å². The number of hydrogen-bond acceptors (Lipinski definition) is 6. The Morgan fingerprint density at radius 1 is 1.07 bits per heavy atom. The van der Waals surface area contributed by atoms with Crippen molar-refractivity contribution >= 4 is 28.6 Å². The van der Waals surface area contributed by atoms with Gasteiger partial charge in [0.2, 0.25) is 5.95 Å². The minimum Gasteiger partial charge on any atom is -0.368 e. The summed E-state index contributed by atoms with van der Waals surface area (Å²) >= 11 is 0. The number of halogens is 1. The monoisotopic (exact) mass is 366 g/mol. The molecule has 0 saturated carbocycles. The van der Waals surface area contributed by atoms with Gasteiger partial charge in [-0.05, 0) is 19.1 Å². The quantitative estimate of drug-likeness (QED) is 0.746. The Labute approximate surface area is 155 Å². The van der Waals surface area contributed by atoms with Gasteiger partial charge in [0.25, 0.3) is 5.91 Å². The molecule has 3 heterocycles. The van der Waals surface area contributed by atoms with Crippen molar-refractivity contribution in [2.45, 2.75) is 6.92 Å². The number of amides is 1. The number of nitrogen functional groups attached to an aromatic ring is 1. The van der Waals surface area contributed by atoms with Crippen LogP contribution in [0.5, 0.6) is 0 Å². The van der Waals surface area contributed by atoms with E-state index in [0.717, 1.165) is 11.5 Å². The van der Waals surface area contributed by atoms with Crippen molar-refractivity contribution in [2.75, 3.05) is 36.8 Å². The second-order valence-electron chi connectivity index (χ2n) is 6.51. The summed E-state index contributed by atoms with van der Waals surface area (Å²) in [6.45, 7) is 4.18. The van der Waals surface area contributed by atoms with Crippen molar-refractivity contribution in [2.24, 2.45) is 0 Å². The van der Waals surface area contributed by atoms with Gasteiger partial charge < -0.3 is 15.5 Å². The third-order valence-electron chi connectivity index (χ3n) is 4.64. The fraction of sp³-hybridized carbons (Fsp3) is 0.263. The summed E-state index contributed by atoms with van der Waals surface area (Å²) in [4.78, 5) is 29.2. The lowest BCUT2D eigenvalue weighted by Crippen LogP contribution is -2.49. The van der Waals surface area contributed by atoms with Crippen molar-refractivity contribution in [3.05, 3.63) is 53.6 Å². The highest BCUT2D eigenvalue weighted by atomic mass is 19.1. The maximum absolute atomic E-state index is 14.0. The van der Waals surface area contributed by atoms with Gasteiger partial charge in [0.15, 0.2) is 0 Å². The molecule has 1 aromatic carbocycles. The summed E-state index contributed by atoms with van der Waals surface area (Å²) in [7, 11) is 0. The number of pyridine rings is 1. The van der Waals surface area contributed by atoms with Crippen molar-refractivity contribution in [1.29, 1.82) is 0 Å². The molecule has 2 aromatic heterocycles. The van der Waals surface area contributed by atoms with Gasteiger partial charge in [-0.15, -0.1) is 0 Å². The lowest BCUT2D eigenvalue weighted by Gasteiger charge is -2.35. The Morgan fingerprint density at radius 2 is 1.85 bits per heavy atom. The molecular weight excluding hydrogens is 347 g/mol. The smallest absolute Gasteiger partial charge is 0.272 e. The van der Waals surface area contributed by atoms with Crippen LogP contribution in [0.4, 0.5) is 16.2 Å². The molecule has 8 heteroatoms. The molecule has 7 nitrogen and oxygen atoms in total. The number of nitrogens with zero attached hydrogens (tertiary/aromatic N) is 5. The Hall–Kier alpha value is -3.29. The van der Waals surface area contributed by atoms with Gasteiger partial charge in [0.05, 0.1) is 0 Å². The predicted octanol–water partition coefficient (Wildman–Crippen LogP) is 2.02. The molecule has 0 atom stereocenters. The Bertz CT molecular complexity index is 996. The van der Waals surface area contributed by atoms with Crippen LogP contribution in [0.15, 0.2) is 36.4 Å². The number of rotatable bonds is 2. The van der Waals surface area contributed by atoms with Gasteiger partial charge in [-0.25, -0.2) is 14.4 Å². The molecule has 27 heavy (non-hydrogen) atoms. The Morgan fingerprint density at radius 3 is 2.59 bits per heavy atom. The zero-order valence-electron chi connectivity index (χ0n) is 14.9. The second kappa shape index (κ2) is 6.79. The molecule has 1 amide bonds. The van der Waals surface area contributed by atoms with Crippen LogP contribution in [-0.4, -0.2) is 51.9 Å². The highest BCUT2D eigenvalue weighted by Crippen LogP contribution is 2.19. The van der Waals surface area contributed by atoms with Crippen LogP contribution >= 0.6 is 0 Å². The third-order valence-corrected chi connectivity index (χ3v) is 4.64. The van der Waals surface area contributed by atoms with E-state index >= 15 is 0 Å². The molecule has 0 unspecified atom stereocenters. The molecule has 138 valence electrons. The number of aryl methyl sites for hydroxylation is 1. The van der Waals surface area contributed by atoms with Gasteiger partial charge in [-0.3, -0.25) is 4.79 Å². The number of hydrogen-bond donors (Lipinski definition) is 1. The summed E-state index contributed by atoms with van der Waals surface area (Å²) in [5, 5.41) is 0.674. The lowest BCUT2D eigenvalue weighted by molar-refractivity contribution is 0.0741. The van der Waals surface area contributed by atoms with E-state index in [1.54, 1.807) is 29.2 Å². The summed E-state index contributed by atoms with van der Waals surface area (Å²) in [5.41, 5.74) is 7.00. The summed E-state index contributed by atoms with van der Waals surface area (Å²) in [5.74, 6) is 0.380. The molecule has 1 aliphatic heterocycles. The number of aromatic nitrogens is 3. The number of piperazine rings is 1. The maximum atomic E-state index is 14.0. The molecule has 2 N–H and O–H groups in total. The van der Waals surface area contributed by atoms with E-state index in [9.17, 15) is 9.18 Å². The summed E-state index contributed by atoms with van der Waals surface area (Å²) in [6.07, 6.45) is 0. The highest BCUT2D eigenvalue weighted by molar-refractivity contribution is 5.95. The molecule has 1 saturated heterocycles. The van der Waals surface area contributed by atoms with Crippen LogP contribution in [-0.2, 0) is 0 Å². The number of fused-ring (bicyclic) bond motifs is 1. The van der Waals surface area contributed by atoms with E-state index in [1.165, 1.54) is 6.07 Å². The number of benzene rings is 1. The number of nitrogens with two attached hydrogens (primary N) is 1. The Balaban J connectivity index is 1.49. The van der Waals surface area contributed by atoms with E-state index < -0.39 is 5.82 Å². The average Bonchev–Trinajstić information content (AvgIpc) is 2.67. The molecule has 0 aliphatic carbocycles. The molecule has 1 fully saturated rings. The SMILES string of the molecule is Cc1cc(N2CCN(C(=O)c3ccc4cccc(F)c4n3)CC2)nc(N)n1. The van der Waals surface area contributed by atoms with E-state index in [2.05, 4.69) is 19.9 Å². The van der Waals surface area contributed by atoms with Gasteiger partial charge in [0, 0.05) is 43.3 Å². The van der Waals surface area contributed by atoms with Crippen LogP contribution in [0.2, 0.25) is 0 Å². The third kappa shape index (κ3) is 3.38. The zero-order valence-corrected chi connectivity index (χ0v) is 14.9. The first-order chi connectivity index (χ1) is 13.0. The maximum Gasteiger partial charge on any atom is 0.272 e.